The number of esters is 1. The predicted molar refractivity (Wildman–Crippen MR) is 59.0 cm³/mol. The Bertz CT molecular complexity index is 378. The summed E-state index contributed by atoms with van der Waals surface area (Å²) in [4.78, 5) is 11.4. The highest BCUT2D eigenvalue weighted by Gasteiger charge is 2.42. The van der Waals surface area contributed by atoms with Crippen LogP contribution in [-0.4, -0.2) is 13.1 Å². The van der Waals surface area contributed by atoms with E-state index < -0.39 is 0 Å². The first kappa shape index (κ1) is 10.2. The zero-order chi connectivity index (χ0) is 10.9. The summed E-state index contributed by atoms with van der Waals surface area (Å²) in [7, 11) is 1.42. The molecule has 0 N–H and O–H groups in total. The lowest BCUT2D eigenvalue weighted by Gasteiger charge is -2.13. The van der Waals surface area contributed by atoms with Crippen LogP contribution in [0.4, 0.5) is 0 Å². The van der Waals surface area contributed by atoms with Crippen molar-refractivity contribution in [3.05, 3.63) is 35.4 Å². The molecule has 1 saturated carbocycles. The maximum Gasteiger partial charge on any atom is 0.337 e. The van der Waals surface area contributed by atoms with Gasteiger partial charge in [0, 0.05) is 0 Å². The standard InChI is InChI=1S/C13H16O2/c1-3-13(7-8-13)11-6-4-5-10(9-11)12(14)15-2/h4-6,9H,3,7-8H2,1-2H3. The predicted octanol–water partition coefficient (Wildman–Crippen LogP) is 2.91. The van der Waals surface area contributed by atoms with E-state index in [-0.39, 0.29) is 5.97 Å². The fourth-order valence-electron chi connectivity index (χ4n) is 2.09. The minimum atomic E-state index is -0.247. The summed E-state index contributed by atoms with van der Waals surface area (Å²) in [5, 5.41) is 0. The van der Waals surface area contributed by atoms with Gasteiger partial charge in [0.1, 0.15) is 0 Å². The van der Waals surface area contributed by atoms with Crippen LogP contribution >= 0.6 is 0 Å². The molecule has 0 atom stereocenters. The van der Waals surface area contributed by atoms with Gasteiger partial charge in [-0.25, -0.2) is 4.79 Å². The summed E-state index contributed by atoms with van der Waals surface area (Å²) in [6.45, 7) is 2.21. The van der Waals surface area contributed by atoms with Crippen molar-refractivity contribution in [3.63, 3.8) is 0 Å². The van der Waals surface area contributed by atoms with Crippen molar-refractivity contribution in [2.75, 3.05) is 7.11 Å². The van der Waals surface area contributed by atoms with E-state index in [0.29, 0.717) is 11.0 Å². The van der Waals surface area contributed by atoms with Crippen molar-refractivity contribution in [1.29, 1.82) is 0 Å². The van der Waals surface area contributed by atoms with Crippen LogP contribution in [0.15, 0.2) is 24.3 Å². The van der Waals surface area contributed by atoms with E-state index in [4.69, 9.17) is 4.74 Å². The second kappa shape index (κ2) is 3.69. The maximum absolute atomic E-state index is 11.4. The van der Waals surface area contributed by atoms with Gasteiger partial charge in [0.15, 0.2) is 0 Å². The van der Waals surface area contributed by atoms with Crippen LogP contribution in [-0.2, 0) is 10.2 Å². The van der Waals surface area contributed by atoms with Gasteiger partial charge >= 0.3 is 5.97 Å². The SMILES string of the molecule is CCC1(c2cccc(C(=O)OC)c2)CC1. The van der Waals surface area contributed by atoms with Crippen molar-refractivity contribution in [3.8, 4) is 0 Å². The molecule has 0 aromatic heterocycles. The molecular formula is C13H16O2. The highest BCUT2D eigenvalue weighted by molar-refractivity contribution is 5.89. The Labute approximate surface area is 90.3 Å². The van der Waals surface area contributed by atoms with Gasteiger partial charge in [0.05, 0.1) is 12.7 Å². The molecule has 1 aromatic carbocycles. The van der Waals surface area contributed by atoms with Crippen LogP contribution in [0.5, 0.6) is 0 Å². The molecule has 1 fully saturated rings. The minimum absolute atomic E-state index is 0.247. The van der Waals surface area contributed by atoms with E-state index in [9.17, 15) is 4.79 Å². The minimum Gasteiger partial charge on any atom is -0.465 e. The molecule has 0 spiro atoms. The van der Waals surface area contributed by atoms with E-state index in [1.807, 2.05) is 12.1 Å². The molecule has 2 heteroatoms. The highest BCUT2D eigenvalue weighted by Crippen LogP contribution is 2.50. The summed E-state index contributed by atoms with van der Waals surface area (Å²) < 4.78 is 4.72. The van der Waals surface area contributed by atoms with Crippen LogP contribution in [0.3, 0.4) is 0 Å². The first-order valence-electron chi connectivity index (χ1n) is 5.41. The van der Waals surface area contributed by atoms with Crippen LogP contribution in [0, 0.1) is 0 Å². The second-order valence-corrected chi connectivity index (χ2v) is 4.21. The van der Waals surface area contributed by atoms with Crippen LogP contribution in [0.25, 0.3) is 0 Å². The van der Waals surface area contributed by atoms with E-state index in [2.05, 4.69) is 13.0 Å². The van der Waals surface area contributed by atoms with Crippen LogP contribution < -0.4 is 0 Å². The molecule has 0 amide bonds. The first-order chi connectivity index (χ1) is 7.22. The zero-order valence-electron chi connectivity index (χ0n) is 9.25. The van der Waals surface area contributed by atoms with E-state index in [1.54, 1.807) is 6.07 Å². The van der Waals surface area contributed by atoms with Gasteiger partial charge < -0.3 is 4.74 Å². The van der Waals surface area contributed by atoms with Crippen LogP contribution in [0.2, 0.25) is 0 Å². The Kier molecular flexibility index (Phi) is 2.51. The van der Waals surface area contributed by atoms with Gasteiger partial charge in [-0.2, -0.15) is 0 Å². The molecule has 80 valence electrons. The molecule has 2 rings (SSSR count). The lowest BCUT2D eigenvalue weighted by Crippen LogP contribution is -2.07. The van der Waals surface area contributed by atoms with Gasteiger partial charge in [0.2, 0.25) is 0 Å². The first-order valence-corrected chi connectivity index (χ1v) is 5.41. The topological polar surface area (TPSA) is 26.3 Å². The Morgan fingerprint density at radius 3 is 2.73 bits per heavy atom. The van der Waals surface area contributed by atoms with Gasteiger partial charge in [-0.1, -0.05) is 19.1 Å². The number of rotatable bonds is 3. The summed E-state index contributed by atoms with van der Waals surface area (Å²) in [5.74, 6) is -0.247. The normalized spacial score (nSPS) is 17.2. The molecule has 15 heavy (non-hydrogen) atoms. The third-order valence-electron chi connectivity index (χ3n) is 3.43. The maximum atomic E-state index is 11.4. The number of carbonyl (C=O) groups excluding carboxylic acids is 1. The Balaban J connectivity index is 2.31. The Morgan fingerprint density at radius 1 is 1.47 bits per heavy atom. The van der Waals surface area contributed by atoms with Gasteiger partial charge in [-0.15, -0.1) is 0 Å². The zero-order valence-corrected chi connectivity index (χ0v) is 9.25. The van der Waals surface area contributed by atoms with Crippen molar-refractivity contribution in [2.24, 2.45) is 0 Å². The number of carbonyl (C=O) groups is 1. The van der Waals surface area contributed by atoms with Crippen molar-refractivity contribution >= 4 is 5.97 Å². The average Bonchev–Trinajstić information content (AvgIpc) is 3.09. The molecule has 0 unspecified atom stereocenters. The molecule has 0 saturated heterocycles. The summed E-state index contributed by atoms with van der Waals surface area (Å²) in [6, 6.07) is 7.84. The lowest BCUT2D eigenvalue weighted by atomic mass is 9.92. The van der Waals surface area contributed by atoms with E-state index >= 15 is 0 Å². The molecule has 0 bridgehead atoms. The van der Waals surface area contributed by atoms with Gasteiger partial charge in [-0.05, 0) is 42.4 Å². The molecule has 0 aliphatic heterocycles. The quantitative estimate of drug-likeness (QED) is 0.708. The monoisotopic (exact) mass is 204 g/mol. The molecule has 0 heterocycles. The van der Waals surface area contributed by atoms with Gasteiger partial charge in [0.25, 0.3) is 0 Å². The highest BCUT2D eigenvalue weighted by atomic mass is 16.5. The lowest BCUT2D eigenvalue weighted by molar-refractivity contribution is 0.0600. The van der Waals surface area contributed by atoms with Crippen molar-refractivity contribution in [1.82, 2.24) is 0 Å². The summed E-state index contributed by atoms with van der Waals surface area (Å²) in [6.07, 6.45) is 3.64. The third kappa shape index (κ3) is 1.76. The Morgan fingerprint density at radius 2 is 2.20 bits per heavy atom. The molecule has 1 aromatic rings. The molecule has 1 aliphatic carbocycles. The largest absolute Gasteiger partial charge is 0.465 e. The summed E-state index contributed by atoms with van der Waals surface area (Å²) >= 11 is 0. The van der Waals surface area contributed by atoms with Crippen molar-refractivity contribution in [2.45, 2.75) is 31.6 Å². The average molecular weight is 204 g/mol. The fraction of sp³-hybridized carbons (Fsp3) is 0.462. The number of hydrogen-bond donors (Lipinski definition) is 0. The molecule has 0 radical (unpaired) electrons. The number of hydrogen-bond acceptors (Lipinski definition) is 2. The third-order valence-corrected chi connectivity index (χ3v) is 3.43. The smallest absolute Gasteiger partial charge is 0.337 e. The number of ether oxygens (including phenoxy) is 1. The molecule has 1 aliphatic rings. The Hall–Kier alpha value is -1.31. The number of methoxy groups -OCH3 is 1. The van der Waals surface area contributed by atoms with E-state index in [1.165, 1.54) is 25.5 Å². The fourth-order valence-corrected chi connectivity index (χ4v) is 2.09. The number of benzene rings is 1. The van der Waals surface area contributed by atoms with Crippen LogP contribution in [0.1, 0.15) is 42.1 Å². The van der Waals surface area contributed by atoms with E-state index in [0.717, 1.165) is 6.42 Å². The summed E-state index contributed by atoms with van der Waals surface area (Å²) in [5.41, 5.74) is 2.30. The molecular weight excluding hydrogens is 188 g/mol. The second-order valence-electron chi connectivity index (χ2n) is 4.21. The van der Waals surface area contributed by atoms with Gasteiger partial charge in [-0.3, -0.25) is 0 Å². The molecule has 2 nitrogen and oxygen atoms in total. The van der Waals surface area contributed by atoms with Crippen molar-refractivity contribution < 1.29 is 9.53 Å².